The summed E-state index contributed by atoms with van der Waals surface area (Å²) in [5.74, 6) is 0.535. The Kier molecular flexibility index (Phi) is 6.05. The molecule has 29 heavy (non-hydrogen) atoms. The fraction of sp³-hybridized carbons (Fsp3) is 0.333. The molecule has 1 heterocycles. The van der Waals surface area contributed by atoms with E-state index in [2.05, 4.69) is 15.0 Å². The van der Waals surface area contributed by atoms with Crippen molar-refractivity contribution in [3.63, 3.8) is 0 Å². The molecule has 6 nitrogen and oxygen atoms in total. The highest BCUT2D eigenvalue weighted by molar-refractivity contribution is 8.14. The standard InChI is InChI=1S/C21H25N3O3S2/c1-14-8-9-16(21(2,3)4)13-18(14)29(26,27)24-17-7-5-6-15(12-17)19(25)23-20-22-10-11-28-20/h5-9,12-13,24H,10-11H2,1-4H3,(H,22,23,25). The summed E-state index contributed by atoms with van der Waals surface area (Å²) >= 11 is 1.49. The lowest BCUT2D eigenvalue weighted by atomic mass is 9.87. The van der Waals surface area contributed by atoms with Crippen LogP contribution in [0.4, 0.5) is 5.69 Å². The molecule has 0 bridgehead atoms. The number of aryl methyl sites for hydroxylation is 1. The first-order valence-corrected chi connectivity index (χ1v) is 11.8. The van der Waals surface area contributed by atoms with Crippen LogP contribution in [0.5, 0.6) is 0 Å². The molecule has 0 aliphatic carbocycles. The van der Waals surface area contributed by atoms with Gasteiger partial charge in [-0.1, -0.05) is 50.7 Å². The maximum absolute atomic E-state index is 13.0. The number of aliphatic imine (C=N–C) groups is 1. The Balaban J connectivity index is 1.85. The van der Waals surface area contributed by atoms with Gasteiger partial charge in [-0.05, 0) is 47.7 Å². The fourth-order valence-corrected chi connectivity index (χ4v) is 4.91. The SMILES string of the molecule is Cc1ccc(C(C)(C)C)cc1S(=O)(=O)Nc1cccc(C(=O)NC2=NCCS2)c1. The molecular formula is C21H25N3O3S2. The fourth-order valence-electron chi connectivity index (χ4n) is 2.87. The van der Waals surface area contributed by atoms with Crippen molar-refractivity contribution in [3.8, 4) is 0 Å². The first-order chi connectivity index (χ1) is 13.6. The van der Waals surface area contributed by atoms with Crippen LogP contribution in [0.1, 0.15) is 42.3 Å². The van der Waals surface area contributed by atoms with Crippen LogP contribution in [0.15, 0.2) is 52.4 Å². The van der Waals surface area contributed by atoms with Crippen LogP contribution >= 0.6 is 11.8 Å². The maximum atomic E-state index is 13.0. The molecule has 154 valence electrons. The van der Waals surface area contributed by atoms with E-state index in [0.717, 1.165) is 11.3 Å². The first kappa shape index (κ1) is 21.4. The second-order valence-electron chi connectivity index (χ2n) is 7.91. The van der Waals surface area contributed by atoms with E-state index in [1.807, 2.05) is 32.9 Å². The Morgan fingerprint density at radius 1 is 1.14 bits per heavy atom. The number of carbonyl (C=O) groups is 1. The Hall–Kier alpha value is -2.32. The van der Waals surface area contributed by atoms with E-state index in [9.17, 15) is 13.2 Å². The minimum atomic E-state index is -3.80. The summed E-state index contributed by atoms with van der Waals surface area (Å²) in [5, 5.41) is 3.34. The molecule has 0 atom stereocenters. The molecular weight excluding hydrogens is 406 g/mol. The second-order valence-corrected chi connectivity index (χ2v) is 10.6. The summed E-state index contributed by atoms with van der Waals surface area (Å²) < 4.78 is 28.7. The van der Waals surface area contributed by atoms with E-state index < -0.39 is 10.0 Å². The first-order valence-electron chi connectivity index (χ1n) is 9.29. The third-order valence-electron chi connectivity index (χ3n) is 4.53. The smallest absolute Gasteiger partial charge is 0.262 e. The summed E-state index contributed by atoms with van der Waals surface area (Å²) in [5.41, 5.74) is 2.12. The zero-order chi connectivity index (χ0) is 21.2. The van der Waals surface area contributed by atoms with Gasteiger partial charge in [-0.2, -0.15) is 0 Å². The Bertz CT molecular complexity index is 1070. The number of nitrogens with one attached hydrogen (secondary N) is 2. The summed E-state index contributed by atoms with van der Waals surface area (Å²) in [6.07, 6.45) is 0. The zero-order valence-electron chi connectivity index (χ0n) is 16.9. The summed E-state index contributed by atoms with van der Waals surface area (Å²) in [6.45, 7) is 8.57. The van der Waals surface area contributed by atoms with Crippen molar-refractivity contribution in [2.45, 2.75) is 38.0 Å². The van der Waals surface area contributed by atoms with E-state index in [1.165, 1.54) is 17.8 Å². The van der Waals surface area contributed by atoms with Gasteiger partial charge >= 0.3 is 0 Å². The van der Waals surface area contributed by atoms with Crippen molar-refractivity contribution in [1.82, 2.24) is 5.32 Å². The largest absolute Gasteiger partial charge is 0.301 e. The number of hydrogen-bond donors (Lipinski definition) is 2. The third-order valence-corrected chi connectivity index (χ3v) is 6.94. The summed E-state index contributed by atoms with van der Waals surface area (Å²) in [7, 11) is -3.80. The molecule has 0 spiro atoms. The molecule has 2 N–H and O–H groups in total. The van der Waals surface area contributed by atoms with Crippen molar-refractivity contribution < 1.29 is 13.2 Å². The Morgan fingerprint density at radius 3 is 2.55 bits per heavy atom. The van der Waals surface area contributed by atoms with Gasteiger partial charge in [0.15, 0.2) is 5.17 Å². The van der Waals surface area contributed by atoms with Crippen LogP contribution in [0.25, 0.3) is 0 Å². The number of carbonyl (C=O) groups excluding carboxylic acids is 1. The van der Waals surface area contributed by atoms with Gasteiger partial charge in [-0.3, -0.25) is 14.5 Å². The highest BCUT2D eigenvalue weighted by Gasteiger charge is 2.22. The van der Waals surface area contributed by atoms with Crippen molar-refractivity contribution in [1.29, 1.82) is 0 Å². The van der Waals surface area contributed by atoms with Crippen LogP contribution in [-0.4, -0.2) is 31.8 Å². The van der Waals surface area contributed by atoms with Crippen LogP contribution in [-0.2, 0) is 15.4 Å². The molecule has 0 saturated carbocycles. The van der Waals surface area contributed by atoms with E-state index in [0.29, 0.717) is 28.5 Å². The lowest BCUT2D eigenvalue weighted by Gasteiger charge is -2.21. The minimum Gasteiger partial charge on any atom is -0.301 e. The van der Waals surface area contributed by atoms with Gasteiger partial charge in [-0.15, -0.1) is 0 Å². The summed E-state index contributed by atoms with van der Waals surface area (Å²) in [4.78, 5) is 16.8. The lowest BCUT2D eigenvalue weighted by Crippen LogP contribution is -2.27. The van der Waals surface area contributed by atoms with Crippen LogP contribution in [0.2, 0.25) is 0 Å². The number of sulfonamides is 1. The topological polar surface area (TPSA) is 87.6 Å². The normalized spacial score (nSPS) is 14.4. The van der Waals surface area contributed by atoms with Crippen molar-refractivity contribution >= 4 is 38.5 Å². The highest BCUT2D eigenvalue weighted by Crippen LogP contribution is 2.28. The predicted molar refractivity (Wildman–Crippen MR) is 119 cm³/mol. The average molecular weight is 432 g/mol. The number of nitrogens with zero attached hydrogens (tertiary/aromatic N) is 1. The number of hydrogen-bond acceptors (Lipinski definition) is 5. The third kappa shape index (κ3) is 5.19. The number of benzene rings is 2. The van der Waals surface area contributed by atoms with E-state index in [1.54, 1.807) is 31.2 Å². The lowest BCUT2D eigenvalue weighted by molar-refractivity contribution is 0.0978. The molecule has 8 heteroatoms. The van der Waals surface area contributed by atoms with Gasteiger partial charge in [-0.25, -0.2) is 8.42 Å². The van der Waals surface area contributed by atoms with Gasteiger partial charge in [0, 0.05) is 17.0 Å². The molecule has 0 fully saturated rings. The van der Waals surface area contributed by atoms with Gasteiger partial charge in [0.05, 0.1) is 11.4 Å². The van der Waals surface area contributed by atoms with Gasteiger partial charge in [0.1, 0.15) is 0 Å². The average Bonchev–Trinajstić information content (AvgIpc) is 3.13. The quantitative estimate of drug-likeness (QED) is 0.768. The van der Waals surface area contributed by atoms with Crippen LogP contribution in [0.3, 0.4) is 0 Å². The summed E-state index contributed by atoms with van der Waals surface area (Å²) in [6, 6.07) is 11.9. The molecule has 0 aromatic heterocycles. The highest BCUT2D eigenvalue weighted by atomic mass is 32.2. The zero-order valence-corrected chi connectivity index (χ0v) is 18.6. The van der Waals surface area contributed by atoms with Crippen molar-refractivity contribution in [3.05, 3.63) is 59.2 Å². The molecule has 3 rings (SSSR count). The number of amidine groups is 1. The maximum Gasteiger partial charge on any atom is 0.262 e. The van der Waals surface area contributed by atoms with Crippen LogP contribution in [0, 0.1) is 6.92 Å². The number of amides is 1. The number of rotatable bonds is 4. The molecule has 2 aromatic rings. The van der Waals surface area contributed by atoms with E-state index >= 15 is 0 Å². The molecule has 0 unspecified atom stereocenters. The molecule has 2 aromatic carbocycles. The van der Waals surface area contributed by atoms with Crippen molar-refractivity contribution in [2.24, 2.45) is 4.99 Å². The van der Waals surface area contributed by atoms with E-state index in [-0.39, 0.29) is 16.2 Å². The number of thioether (sulfide) groups is 1. The molecule has 1 aliphatic rings. The second kappa shape index (κ2) is 8.20. The predicted octanol–water partition coefficient (Wildman–Crippen LogP) is 3.93. The Labute approximate surface area is 176 Å². The number of anilines is 1. The molecule has 0 saturated heterocycles. The van der Waals surface area contributed by atoms with Crippen molar-refractivity contribution in [2.75, 3.05) is 17.0 Å². The van der Waals surface area contributed by atoms with Crippen LogP contribution < -0.4 is 10.0 Å². The Morgan fingerprint density at radius 2 is 1.90 bits per heavy atom. The van der Waals surface area contributed by atoms with E-state index in [4.69, 9.17) is 0 Å². The minimum absolute atomic E-state index is 0.170. The molecule has 1 aliphatic heterocycles. The van der Waals surface area contributed by atoms with Gasteiger partial charge in [0.25, 0.3) is 15.9 Å². The monoisotopic (exact) mass is 431 g/mol. The van der Waals surface area contributed by atoms with Gasteiger partial charge < -0.3 is 5.32 Å². The molecule has 1 amide bonds. The van der Waals surface area contributed by atoms with Gasteiger partial charge in [0.2, 0.25) is 0 Å². The molecule has 0 radical (unpaired) electrons.